The molecule has 17 heteroatoms. The summed E-state index contributed by atoms with van der Waals surface area (Å²) in [5.74, 6) is -4.04. The summed E-state index contributed by atoms with van der Waals surface area (Å²) in [5.41, 5.74) is 0.362. The van der Waals surface area contributed by atoms with Crippen LogP contribution in [-0.2, 0) is 9.47 Å². The zero-order valence-corrected chi connectivity index (χ0v) is 30.2. The zero-order chi connectivity index (χ0) is 35.0. The van der Waals surface area contributed by atoms with Gasteiger partial charge in [-0.05, 0) is 13.8 Å². The second-order valence-electron chi connectivity index (χ2n) is 12.1. The van der Waals surface area contributed by atoms with Crippen LogP contribution < -0.4 is 18.9 Å². The van der Waals surface area contributed by atoms with Gasteiger partial charge < -0.3 is 54.0 Å². The van der Waals surface area contributed by atoms with Crippen molar-refractivity contribution in [2.75, 3.05) is 39.6 Å². The third kappa shape index (κ3) is 5.58. The van der Waals surface area contributed by atoms with E-state index in [2.05, 4.69) is 0 Å². The van der Waals surface area contributed by atoms with Gasteiger partial charge in [0.15, 0.2) is 28.6 Å². The number of aliphatic hydroxyl groups excluding tert-OH is 5. The van der Waals surface area contributed by atoms with Crippen LogP contribution in [0.25, 0.3) is 0 Å². The van der Waals surface area contributed by atoms with E-state index in [1.165, 1.54) is 0 Å². The maximum absolute atomic E-state index is 13.6. The van der Waals surface area contributed by atoms with E-state index in [0.717, 1.165) is 47.0 Å². The number of benzene rings is 2. The highest BCUT2D eigenvalue weighted by atomic mass is 32.2. The lowest BCUT2D eigenvalue weighted by molar-refractivity contribution is -0.0503. The van der Waals surface area contributed by atoms with Crippen molar-refractivity contribution in [1.29, 1.82) is 0 Å². The molecule has 1 unspecified atom stereocenters. The maximum Gasteiger partial charge on any atom is 0.346 e. The average molecular weight is 745 g/mol. The third-order valence-electron chi connectivity index (χ3n) is 7.72. The van der Waals surface area contributed by atoms with Crippen LogP contribution in [0.3, 0.4) is 0 Å². The maximum atomic E-state index is 13.6. The molecule has 2 aromatic rings. The predicted molar refractivity (Wildman–Crippen MR) is 177 cm³/mol. The molecule has 4 heterocycles. The van der Waals surface area contributed by atoms with E-state index in [9.17, 15) is 35.1 Å². The molecule has 4 aliphatic rings. The fourth-order valence-electron chi connectivity index (χ4n) is 5.74. The average Bonchev–Trinajstić information content (AvgIpc) is 3.77. The molecule has 4 aliphatic heterocycles. The summed E-state index contributed by atoms with van der Waals surface area (Å²) in [6.45, 7) is 8.02. The van der Waals surface area contributed by atoms with Crippen LogP contribution in [0.15, 0.2) is 19.6 Å². The van der Waals surface area contributed by atoms with Crippen molar-refractivity contribution in [3.05, 3.63) is 22.3 Å². The van der Waals surface area contributed by atoms with E-state index in [4.69, 9.17) is 28.4 Å². The smallest absolute Gasteiger partial charge is 0.346 e. The first kappa shape index (κ1) is 35.6. The quantitative estimate of drug-likeness (QED) is 0.220. The number of ether oxygens (including phenoxy) is 6. The molecule has 0 aromatic heterocycles. The molecule has 1 atom stereocenters. The standard InChI is InChI=1S/C31H36O13S4/c1-7-39-26(37)15-20-18(41-28(3,4)43-20)13(19-21(15)44-29(5,6)42-19)17(36)14-22-24(47-30(9-32,10-33)45-22)16(27(38)40-8-2)25-23(14)46-31(11-34,12-35)48-25/h17,32-36H,7-12H2,1-6H3. The van der Waals surface area contributed by atoms with Crippen LogP contribution in [0.5, 0.6) is 23.0 Å². The zero-order valence-electron chi connectivity index (χ0n) is 27.0. The molecule has 5 N–H and O–H groups in total. The van der Waals surface area contributed by atoms with Crippen LogP contribution >= 0.6 is 47.0 Å². The Bertz CT molecular complexity index is 1590. The van der Waals surface area contributed by atoms with Crippen LogP contribution in [-0.4, -0.2) is 96.8 Å². The molecule has 0 aliphatic carbocycles. The number of aliphatic hydroxyl groups is 5. The van der Waals surface area contributed by atoms with Gasteiger partial charge in [0.25, 0.3) is 0 Å². The Balaban J connectivity index is 1.68. The minimum absolute atomic E-state index is 0.00466. The van der Waals surface area contributed by atoms with Crippen molar-refractivity contribution in [2.45, 2.75) is 87.0 Å². The molecular weight excluding hydrogens is 709 g/mol. The van der Waals surface area contributed by atoms with E-state index >= 15 is 0 Å². The highest BCUT2D eigenvalue weighted by Crippen LogP contribution is 2.68. The highest BCUT2D eigenvalue weighted by molar-refractivity contribution is 8.22. The van der Waals surface area contributed by atoms with E-state index in [0.29, 0.717) is 19.6 Å². The molecule has 0 saturated heterocycles. The molecule has 262 valence electrons. The lowest BCUT2D eigenvalue weighted by Crippen LogP contribution is -2.31. The molecule has 0 radical (unpaired) electrons. The Morgan fingerprint density at radius 2 is 0.958 bits per heavy atom. The Morgan fingerprint density at radius 3 is 1.33 bits per heavy atom. The van der Waals surface area contributed by atoms with Crippen molar-refractivity contribution in [2.24, 2.45) is 0 Å². The fraction of sp³-hybridized carbons (Fsp3) is 0.548. The van der Waals surface area contributed by atoms with Crippen molar-refractivity contribution in [1.82, 2.24) is 0 Å². The first-order chi connectivity index (χ1) is 22.6. The summed E-state index contributed by atoms with van der Waals surface area (Å²) < 4.78 is 33.1. The summed E-state index contributed by atoms with van der Waals surface area (Å²) in [6.07, 6.45) is -1.62. The van der Waals surface area contributed by atoms with Crippen molar-refractivity contribution in [3.8, 4) is 23.0 Å². The summed E-state index contributed by atoms with van der Waals surface area (Å²) >= 11 is 4.28. The van der Waals surface area contributed by atoms with E-state index < -0.39 is 64.2 Å². The van der Waals surface area contributed by atoms with Gasteiger partial charge in [-0.15, -0.1) is 47.0 Å². The van der Waals surface area contributed by atoms with Crippen LogP contribution in [0, 0.1) is 0 Å². The number of fused-ring (bicyclic) bond motifs is 4. The molecule has 0 spiro atoms. The predicted octanol–water partition coefficient (Wildman–Crippen LogP) is 3.89. The number of carbonyl (C=O) groups excluding carboxylic acids is 2. The van der Waals surface area contributed by atoms with Gasteiger partial charge in [-0.1, -0.05) is 0 Å². The number of rotatable bonds is 10. The normalized spacial score (nSPS) is 20.3. The van der Waals surface area contributed by atoms with Gasteiger partial charge in [0, 0.05) is 52.8 Å². The van der Waals surface area contributed by atoms with Crippen LogP contribution in [0.1, 0.15) is 79.5 Å². The molecule has 0 bridgehead atoms. The first-order valence-electron chi connectivity index (χ1n) is 15.1. The Hall–Kier alpha value is -2.22. The van der Waals surface area contributed by atoms with Crippen molar-refractivity contribution < 1.29 is 63.5 Å². The number of hydrogen-bond donors (Lipinski definition) is 5. The third-order valence-corrected chi connectivity index (χ3v) is 14.0. The largest absolute Gasteiger partial charge is 0.462 e. The SMILES string of the molecule is CCOC(=O)c1c2c(c(C(O)c3c4c(c(C(=O)OCC)c5c3SC(CO)(CO)S5)SC(CO)(CO)S4)c3c1OC(C)(C)O3)OC(C)(C)O2. The molecule has 48 heavy (non-hydrogen) atoms. The van der Waals surface area contributed by atoms with Crippen molar-refractivity contribution in [3.63, 3.8) is 0 Å². The number of carbonyl (C=O) groups is 2. The minimum Gasteiger partial charge on any atom is -0.462 e. The molecular formula is C31H36O13S4. The molecule has 2 aromatic carbocycles. The van der Waals surface area contributed by atoms with E-state index in [-0.39, 0.29) is 58.5 Å². The van der Waals surface area contributed by atoms with Crippen LogP contribution in [0.2, 0.25) is 0 Å². The molecule has 6 rings (SSSR count). The Morgan fingerprint density at radius 1 is 0.604 bits per heavy atom. The van der Waals surface area contributed by atoms with Gasteiger partial charge >= 0.3 is 11.9 Å². The second kappa shape index (κ2) is 12.5. The number of esters is 2. The van der Waals surface area contributed by atoms with Gasteiger partial charge in [-0.25, -0.2) is 9.59 Å². The molecule has 0 amide bonds. The summed E-state index contributed by atoms with van der Waals surface area (Å²) in [6, 6.07) is 0. The van der Waals surface area contributed by atoms with Gasteiger partial charge in [-0.2, -0.15) is 0 Å². The first-order valence-corrected chi connectivity index (χ1v) is 18.4. The van der Waals surface area contributed by atoms with Crippen molar-refractivity contribution >= 4 is 59.0 Å². The second-order valence-corrected chi connectivity index (χ2v) is 18.2. The number of thioether (sulfide) groups is 4. The van der Waals surface area contributed by atoms with E-state index in [1.54, 1.807) is 41.5 Å². The summed E-state index contributed by atoms with van der Waals surface area (Å²) in [5, 5.41) is 54.5. The number of hydrogen-bond acceptors (Lipinski definition) is 17. The fourth-order valence-corrected chi connectivity index (χ4v) is 11.7. The lowest BCUT2D eigenvalue weighted by Gasteiger charge is -2.25. The summed E-state index contributed by atoms with van der Waals surface area (Å²) in [7, 11) is 0. The van der Waals surface area contributed by atoms with Gasteiger partial charge in [-0.3, -0.25) is 0 Å². The molecule has 0 saturated carbocycles. The topological polar surface area (TPSA) is 191 Å². The van der Waals surface area contributed by atoms with Gasteiger partial charge in [0.2, 0.25) is 11.6 Å². The monoisotopic (exact) mass is 744 g/mol. The Labute approximate surface area is 293 Å². The Kier molecular flexibility index (Phi) is 9.29. The van der Waals surface area contributed by atoms with Gasteiger partial charge in [0.1, 0.15) is 14.3 Å². The molecule has 13 nitrogen and oxygen atoms in total. The summed E-state index contributed by atoms with van der Waals surface area (Å²) in [4.78, 5) is 28.4. The highest BCUT2D eigenvalue weighted by Gasteiger charge is 2.53. The van der Waals surface area contributed by atoms with Gasteiger partial charge in [0.05, 0.1) is 50.8 Å². The molecule has 0 fully saturated rings. The van der Waals surface area contributed by atoms with Crippen LogP contribution in [0.4, 0.5) is 0 Å². The lowest BCUT2D eigenvalue weighted by atomic mass is 9.95. The van der Waals surface area contributed by atoms with E-state index in [1.807, 2.05) is 0 Å². The minimum atomic E-state index is -1.62.